The smallest absolute Gasteiger partial charge is 0.338 e. The second kappa shape index (κ2) is 8.62. The van der Waals surface area contributed by atoms with Crippen molar-refractivity contribution < 1.29 is 22.7 Å². The van der Waals surface area contributed by atoms with Gasteiger partial charge < -0.3 is 4.74 Å². The van der Waals surface area contributed by atoms with Gasteiger partial charge in [0.25, 0.3) is 10.0 Å². The number of esters is 1. The van der Waals surface area contributed by atoms with Gasteiger partial charge >= 0.3 is 5.97 Å². The molecule has 0 aliphatic carbocycles. The Bertz CT molecular complexity index is 888. The summed E-state index contributed by atoms with van der Waals surface area (Å²) in [4.78, 5) is 23.3. The van der Waals surface area contributed by atoms with E-state index in [1.807, 2.05) is 6.92 Å². The van der Waals surface area contributed by atoms with Gasteiger partial charge in [-0.15, -0.1) is 0 Å². The Labute approximate surface area is 153 Å². The molecule has 0 unspecified atom stereocenters. The van der Waals surface area contributed by atoms with Gasteiger partial charge in [-0.2, -0.15) is 0 Å². The Kier molecular flexibility index (Phi) is 6.52. The number of Topliss-reactive ketones (excluding diaryl/α,β-unsaturated/α-hetero) is 1. The number of carbonyl (C=O) groups is 2. The highest BCUT2D eigenvalue weighted by molar-refractivity contribution is 7.92. The zero-order chi connectivity index (χ0) is 19.2. The second-order valence-corrected chi connectivity index (χ2v) is 7.44. The van der Waals surface area contributed by atoms with Gasteiger partial charge in [-0.1, -0.05) is 25.5 Å². The van der Waals surface area contributed by atoms with E-state index in [1.165, 1.54) is 49.4 Å². The maximum absolute atomic E-state index is 12.5. The third-order valence-electron chi connectivity index (χ3n) is 3.65. The minimum absolute atomic E-state index is 0.00625. The van der Waals surface area contributed by atoms with Crippen molar-refractivity contribution in [3.05, 3.63) is 59.7 Å². The van der Waals surface area contributed by atoms with E-state index >= 15 is 0 Å². The molecule has 26 heavy (non-hydrogen) atoms. The van der Waals surface area contributed by atoms with E-state index in [4.69, 9.17) is 4.74 Å². The summed E-state index contributed by atoms with van der Waals surface area (Å²) in [6.45, 7) is 3.73. The third-order valence-corrected chi connectivity index (χ3v) is 5.03. The zero-order valence-corrected chi connectivity index (χ0v) is 15.5. The number of nitrogens with one attached hydrogen (secondary N) is 1. The lowest BCUT2D eigenvalue weighted by molar-refractivity contribution is 0.0499. The second-order valence-electron chi connectivity index (χ2n) is 5.76. The van der Waals surface area contributed by atoms with E-state index in [9.17, 15) is 18.0 Å². The van der Waals surface area contributed by atoms with E-state index in [-0.39, 0.29) is 10.7 Å². The van der Waals surface area contributed by atoms with Gasteiger partial charge in [-0.05, 0) is 49.7 Å². The van der Waals surface area contributed by atoms with Crippen LogP contribution in [0.3, 0.4) is 0 Å². The van der Waals surface area contributed by atoms with Crippen molar-refractivity contribution in [2.75, 3.05) is 11.3 Å². The molecule has 0 heterocycles. The maximum atomic E-state index is 12.5. The summed E-state index contributed by atoms with van der Waals surface area (Å²) < 4.78 is 32.4. The molecule has 1 N–H and O–H groups in total. The number of anilines is 1. The number of benzene rings is 2. The predicted molar refractivity (Wildman–Crippen MR) is 98.9 cm³/mol. The molecular formula is C19H21NO5S. The molecule has 0 saturated carbocycles. The molecule has 0 fully saturated rings. The van der Waals surface area contributed by atoms with Crippen molar-refractivity contribution in [2.45, 2.75) is 31.6 Å². The number of carbonyl (C=O) groups excluding carboxylic acids is 2. The fourth-order valence-electron chi connectivity index (χ4n) is 2.16. The summed E-state index contributed by atoms with van der Waals surface area (Å²) in [5.74, 6) is -0.657. The number of sulfonamides is 1. The molecule has 0 aliphatic heterocycles. The fourth-order valence-corrected chi connectivity index (χ4v) is 3.27. The third kappa shape index (κ3) is 5.16. The van der Waals surface area contributed by atoms with Crippen molar-refractivity contribution in [3.63, 3.8) is 0 Å². The molecule has 0 atom stereocenters. The molecule has 0 aliphatic rings. The van der Waals surface area contributed by atoms with Crippen LogP contribution < -0.4 is 4.72 Å². The molecule has 7 heteroatoms. The van der Waals surface area contributed by atoms with Crippen LogP contribution in [0.5, 0.6) is 0 Å². The van der Waals surface area contributed by atoms with Crippen molar-refractivity contribution >= 4 is 27.5 Å². The minimum Gasteiger partial charge on any atom is -0.462 e. The van der Waals surface area contributed by atoms with E-state index in [2.05, 4.69) is 4.72 Å². The topological polar surface area (TPSA) is 89.5 Å². The van der Waals surface area contributed by atoms with E-state index in [0.29, 0.717) is 23.4 Å². The molecule has 0 saturated heterocycles. The first-order valence-electron chi connectivity index (χ1n) is 8.24. The SMILES string of the molecule is CCCCOC(=O)c1ccc(NS(=O)(=O)c2cccc(C(C)=O)c2)cc1. The summed E-state index contributed by atoms with van der Waals surface area (Å²) in [6.07, 6.45) is 1.72. The van der Waals surface area contributed by atoms with Crippen LogP contribution in [-0.4, -0.2) is 26.8 Å². The molecule has 0 amide bonds. The van der Waals surface area contributed by atoms with Crippen LogP contribution in [0.15, 0.2) is 53.4 Å². The highest BCUT2D eigenvalue weighted by Crippen LogP contribution is 2.18. The van der Waals surface area contributed by atoms with Gasteiger partial charge in [0.15, 0.2) is 5.78 Å². The summed E-state index contributed by atoms with van der Waals surface area (Å²) in [5, 5.41) is 0. The monoisotopic (exact) mass is 375 g/mol. The maximum Gasteiger partial charge on any atom is 0.338 e. The van der Waals surface area contributed by atoms with Gasteiger partial charge in [-0.25, -0.2) is 13.2 Å². The first kappa shape index (κ1) is 19.7. The minimum atomic E-state index is -3.84. The number of hydrogen-bond donors (Lipinski definition) is 1. The number of hydrogen-bond acceptors (Lipinski definition) is 5. The van der Waals surface area contributed by atoms with E-state index < -0.39 is 16.0 Å². The number of rotatable bonds is 8. The van der Waals surface area contributed by atoms with Gasteiger partial charge in [0.2, 0.25) is 0 Å². The first-order chi connectivity index (χ1) is 12.3. The quantitative estimate of drug-likeness (QED) is 0.432. The highest BCUT2D eigenvalue weighted by Gasteiger charge is 2.16. The summed E-state index contributed by atoms with van der Waals surface area (Å²) >= 11 is 0. The van der Waals surface area contributed by atoms with Crippen LogP contribution in [0.4, 0.5) is 5.69 Å². The molecule has 2 aromatic carbocycles. The standard InChI is InChI=1S/C19H21NO5S/c1-3-4-12-25-19(22)15-8-10-17(11-9-15)20-26(23,24)18-7-5-6-16(13-18)14(2)21/h5-11,13,20H,3-4,12H2,1-2H3. The number of ketones is 1. The Morgan fingerprint density at radius 1 is 1.04 bits per heavy atom. The molecule has 2 aromatic rings. The van der Waals surface area contributed by atoms with Gasteiger partial charge in [-0.3, -0.25) is 9.52 Å². The van der Waals surface area contributed by atoms with Crippen molar-refractivity contribution in [1.82, 2.24) is 0 Å². The van der Waals surface area contributed by atoms with Crippen LogP contribution in [0.2, 0.25) is 0 Å². The van der Waals surface area contributed by atoms with E-state index in [1.54, 1.807) is 6.07 Å². The average Bonchev–Trinajstić information content (AvgIpc) is 2.62. The average molecular weight is 375 g/mol. The lowest BCUT2D eigenvalue weighted by Gasteiger charge is -2.10. The molecule has 138 valence electrons. The Morgan fingerprint density at radius 2 is 1.73 bits per heavy atom. The zero-order valence-electron chi connectivity index (χ0n) is 14.7. The van der Waals surface area contributed by atoms with Crippen LogP contribution in [0, 0.1) is 0 Å². The Balaban J connectivity index is 2.11. The normalized spacial score (nSPS) is 11.0. The van der Waals surface area contributed by atoms with Gasteiger partial charge in [0.05, 0.1) is 17.1 Å². The van der Waals surface area contributed by atoms with Crippen LogP contribution >= 0.6 is 0 Å². The summed E-state index contributed by atoms with van der Waals surface area (Å²) in [7, 11) is -3.84. The molecule has 0 radical (unpaired) electrons. The largest absolute Gasteiger partial charge is 0.462 e. The summed E-state index contributed by atoms with van der Waals surface area (Å²) in [5.41, 5.74) is 0.976. The van der Waals surface area contributed by atoms with Gasteiger partial charge in [0, 0.05) is 11.3 Å². The van der Waals surface area contributed by atoms with Gasteiger partial charge in [0.1, 0.15) is 0 Å². The predicted octanol–water partition coefficient (Wildman–Crippen LogP) is 3.65. The fraction of sp³-hybridized carbons (Fsp3) is 0.263. The molecule has 0 bridgehead atoms. The van der Waals surface area contributed by atoms with Crippen molar-refractivity contribution in [3.8, 4) is 0 Å². The first-order valence-corrected chi connectivity index (χ1v) is 9.73. The Morgan fingerprint density at radius 3 is 2.35 bits per heavy atom. The van der Waals surface area contributed by atoms with Crippen LogP contribution in [0.25, 0.3) is 0 Å². The molecule has 0 aromatic heterocycles. The van der Waals surface area contributed by atoms with Crippen LogP contribution in [0.1, 0.15) is 47.4 Å². The molecule has 6 nitrogen and oxygen atoms in total. The summed E-state index contributed by atoms with van der Waals surface area (Å²) in [6, 6.07) is 11.8. The number of unbranched alkanes of at least 4 members (excludes halogenated alkanes) is 1. The molecule has 0 spiro atoms. The Hall–Kier alpha value is -2.67. The molecular weight excluding hydrogens is 354 g/mol. The van der Waals surface area contributed by atoms with Crippen LogP contribution in [-0.2, 0) is 14.8 Å². The molecule has 2 rings (SSSR count). The van der Waals surface area contributed by atoms with Crippen molar-refractivity contribution in [1.29, 1.82) is 0 Å². The lowest BCUT2D eigenvalue weighted by Crippen LogP contribution is -2.14. The lowest BCUT2D eigenvalue weighted by atomic mass is 10.2. The van der Waals surface area contributed by atoms with Crippen molar-refractivity contribution in [2.24, 2.45) is 0 Å². The highest BCUT2D eigenvalue weighted by atomic mass is 32.2. The van der Waals surface area contributed by atoms with E-state index in [0.717, 1.165) is 12.8 Å². The number of ether oxygens (including phenoxy) is 1.